The van der Waals surface area contributed by atoms with Crippen LogP contribution in [0.15, 0.2) is 11.0 Å². The molecule has 0 bridgehead atoms. The molecule has 0 radical (unpaired) electrons. The van der Waals surface area contributed by atoms with Crippen LogP contribution in [0.4, 0.5) is 5.95 Å². The number of H-pyrrole nitrogens is 1. The number of rotatable bonds is 4. The number of likely N-dealkylation sites (tertiary alicyclic amines) is 1. The van der Waals surface area contributed by atoms with Crippen LogP contribution in [0.3, 0.4) is 0 Å². The minimum Gasteiger partial charge on any atom is -0.353 e. The molecule has 1 saturated heterocycles. The van der Waals surface area contributed by atoms with Gasteiger partial charge in [0.1, 0.15) is 5.39 Å². The lowest BCUT2D eigenvalue weighted by Crippen LogP contribution is -2.41. The van der Waals surface area contributed by atoms with Crippen molar-refractivity contribution in [1.29, 1.82) is 0 Å². The Morgan fingerprint density at radius 2 is 2.00 bits per heavy atom. The van der Waals surface area contributed by atoms with Gasteiger partial charge in [0.25, 0.3) is 5.56 Å². The van der Waals surface area contributed by atoms with Gasteiger partial charge < -0.3 is 10.2 Å². The first-order chi connectivity index (χ1) is 11.7. The third-order valence-corrected chi connectivity index (χ3v) is 4.63. The molecule has 2 aromatic rings. The number of aromatic amines is 1. The van der Waals surface area contributed by atoms with Gasteiger partial charge in [-0.15, -0.1) is 0 Å². The lowest BCUT2D eigenvalue weighted by molar-refractivity contribution is 0.197. The fourth-order valence-corrected chi connectivity index (χ4v) is 3.45. The Morgan fingerprint density at radius 3 is 2.60 bits per heavy atom. The Balaban J connectivity index is 1.75. The van der Waals surface area contributed by atoms with Crippen molar-refractivity contribution in [3.05, 3.63) is 16.6 Å². The third-order valence-electron chi connectivity index (χ3n) is 4.63. The van der Waals surface area contributed by atoms with Crippen molar-refractivity contribution < 1.29 is 0 Å². The first-order valence-corrected chi connectivity index (χ1v) is 9.21. The molecule has 7 heteroatoms. The third kappa shape index (κ3) is 4.03. The van der Waals surface area contributed by atoms with Crippen molar-refractivity contribution in [2.24, 2.45) is 5.92 Å². The Bertz CT molecular complexity index is 777. The van der Waals surface area contributed by atoms with E-state index in [0.717, 1.165) is 32.5 Å². The molecule has 0 saturated carbocycles. The first kappa shape index (κ1) is 17.9. The number of fused-ring (bicyclic) bond motifs is 1. The SMILES string of the molecule is CC(C)CN1CCC(Nc2nc3c(cnn3C(C)(C)C)c(=O)[nH]2)CC1. The molecule has 0 unspecified atom stereocenters. The predicted molar refractivity (Wildman–Crippen MR) is 101 cm³/mol. The molecule has 1 aliphatic heterocycles. The molecule has 3 rings (SSSR count). The molecule has 0 aromatic carbocycles. The molecule has 3 heterocycles. The van der Waals surface area contributed by atoms with Gasteiger partial charge in [-0.25, -0.2) is 4.68 Å². The zero-order valence-corrected chi connectivity index (χ0v) is 16.0. The van der Waals surface area contributed by atoms with Crippen molar-refractivity contribution in [2.45, 2.75) is 59.0 Å². The summed E-state index contributed by atoms with van der Waals surface area (Å²) >= 11 is 0. The second kappa shape index (κ2) is 6.78. The molecule has 138 valence electrons. The van der Waals surface area contributed by atoms with E-state index in [1.807, 2.05) is 4.68 Å². The zero-order chi connectivity index (χ0) is 18.2. The maximum atomic E-state index is 12.4. The number of piperidine rings is 1. The molecule has 25 heavy (non-hydrogen) atoms. The van der Waals surface area contributed by atoms with Crippen LogP contribution in [0.5, 0.6) is 0 Å². The van der Waals surface area contributed by atoms with Crippen LogP contribution >= 0.6 is 0 Å². The lowest BCUT2D eigenvalue weighted by Gasteiger charge is -2.33. The summed E-state index contributed by atoms with van der Waals surface area (Å²) in [6.07, 6.45) is 3.72. The first-order valence-electron chi connectivity index (χ1n) is 9.21. The Hall–Kier alpha value is -1.89. The van der Waals surface area contributed by atoms with Gasteiger partial charge >= 0.3 is 0 Å². The smallest absolute Gasteiger partial charge is 0.263 e. The molecule has 1 aliphatic rings. The number of aromatic nitrogens is 4. The van der Waals surface area contributed by atoms with Crippen molar-refractivity contribution in [1.82, 2.24) is 24.6 Å². The predicted octanol–water partition coefficient (Wildman–Crippen LogP) is 2.41. The van der Waals surface area contributed by atoms with E-state index in [0.29, 0.717) is 28.9 Å². The van der Waals surface area contributed by atoms with Gasteiger partial charge in [0, 0.05) is 25.7 Å². The topological polar surface area (TPSA) is 78.8 Å². The van der Waals surface area contributed by atoms with Gasteiger partial charge in [0.05, 0.1) is 11.7 Å². The van der Waals surface area contributed by atoms with Gasteiger partial charge in [-0.3, -0.25) is 9.78 Å². The number of nitrogens with zero attached hydrogens (tertiary/aromatic N) is 4. The summed E-state index contributed by atoms with van der Waals surface area (Å²) in [6.45, 7) is 14.0. The molecule has 0 spiro atoms. The zero-order valence-electron chi connectivity index (χ0n) is 16.0. The fourth-order valence-electron chi connectivity index (χ4n) is 3.45. The standard InChI is InChI=1S/C18H30N6O/c1-12(2)11-23-8-6-13(7-9-23)20-17-21-15-14(16(25)22-17)10-19-24(15)18(3,4)5/h10,12-13H,6-9,11H2,1-5H3,(H2,20,21,22,25). The Morgan fingerprint density at radius 1 is 1.32 bits per heavy atom. The van der Waals surface area contributed by atoms with Gasteiger partial charge in [-0.05, 0) is 39.5 Å². The Kier molecular flexibility index (Phi) is 4.86. The summed E-state index contributed by atoms with van der Waals surface area (Å²) in [4.78, 5) is 22.4. The van der Waals surface area contributed by atoms with Gasteiger partial charge in [0.2, 0.25) is 5.95 Å². The molecule has 1 fully saturated rings. The number of anilines is 1. The second-order valence-corrected chi connectivity index (χ2v) is 8.49. The highest BCUT2D eigenvalue weighted by atomic mass is 16.1. The summed E-state index contributed by atoms with van der Waals surface area (Å²) in [5.41, 5.74) is 0.276. The molecule has 0 aliphatic carbocycles. The lowest BCUT2D eigenvalue weighted by atomic mass is 10.0. The van der Waals surface area contributed by atoms with Crippen LogP contribution in [-0.2, 0) is 5.54 Å². The maximum absolute atomic E-state index is 12.4. The average Bonchev–Trinajstić information content (AvgIpc) is 2.93. The van der Waals surface area contributed by atoms with E-state index in [9.17, 15) is 4.79 Å². The number of nitrogens with one attached hydrogen (secondary N) is 2. The molecule has 2 aromatic heterocycles. The van der Waals surface area contributed by atoms with E-state index in [1.54, 1.807) is 6.20 Å². The van der Waals surface area contributed by atoms with E-state index < -0.39 is 0 Å². The van der Waals surface area contributed by atoms with Crippen molar-refractivity contribution in [3.63, 3.8) is 0 Å². The second-order valence-electron chi connectivity index (χ2n) is 8.49. The molecule has 0 amide bonds. The van der Waals surface area contributed by atoms with Crippen LogP contribution in [0.1, 0.15) is 47.5 Å². The fraction of sp³-hybridized carbons (Fsp3) is 0.722. The summed E-state index contributed by atoms with van der Waals surface area (Å²) in [5.74, 6) is 1.24. The van der Waals surface area contributed by atoms with E-state index in [4.69, 9.17) is 0 Å². The molecule has 7 nitrogen and oxygen atoms in total. The van der Waals surface area contributed by atoms with Crippen molar-refractivity contribution in [2.75, 3.05) is 25.0 Å². The van der Waals surface area contributed by atoms with Crippen molar-refractivity contribution in [3.8, 4) is 0 Å². The largest absolute Gasteiger partial charge is 0.353 e. The highest BCUT2D eigenvalue weighted by molar-refractivity contribution is 5.74. The molecule has 0 atom stereocenters. The maximum Gasteiger partial charge on any atom is 0.263 e. The summed E-state index contributed by atoms with van der Waals surface area (Å²) in [6, 6.07) is 0.343. The average molecular weight is 346 g/mol. The summed E-state index contributed by atoms with van der Waals surface area (Å²) in [7, 11) is 0. The van der Waals surface area contributed by atoms with Crippen LogP contribution < -0.4 is 10.9 Å². The van der Waals surface area contributed by atoms with E-state index in [1.165, 1.54) is 0 Å². The number of hydrogen-bond acceptors (Lipinski definition) is 5. The molecule has 2 N–H and O–H groups in total. The van der Waals surface area contributed by atoms with Gasteiger partial charge in [0.15, 0.2) is 5.65 Å². The summed E-state index contributed by atoms with van der Waals surface area (Å²) in [5, 5.41) is 8.31. The van der Waals surface area contributed by atoms with Crippen LogP contribution in [0.2, 0.25) is 0 Å². The normalized spacial score (nSPS) is 17.5. The summed E-state index contributed by atoms with van der Waals surface area (Å²) < 4.78 is 1.81. The number of hydrogen-bond donors (Lipinski definition) is 2. The highest BCUT2D eigenvalue weighted by Crippen LogP contribution is 2.20. The molecular weight excluding hydrogens is 316 g/mol. The van der Waals surface area contributed by atoms with Crippen molar-refractivity contribution >= 4 is 17.0 Å². The van der Waals surface area contributed by atoms with E-state index in [-0.39, 0.29) is 11.1 Å². The van der Waals surface area contributed by atoms with Gasteiger partial charge in [-0.1, -0.05) is 13.8 Å². The minimum absolute atomic E-state index is 0.139. The van der Waals surface area contributed by atoms with Crippen LogP contribution in [-0.4, -0.2) is 50.3 Å². The van der Waals surface area contributed by atoms with Crippen LogP contribution in [0.25, 0.3) is 11.0 Å². The van der Waals surface area contributed by atoms with Gasteiger partial charge in [-0.2, -0.15) is 10.1 Å². The monoisotopic (exact) mass is 346 g/mol. The van der Waals surface area contributed by atoms with Crippen LogP contribution in [0, 0.1) is 5.92 Å². The highest BCUT2D eigenvalue weighted by Gasteiger charge is 2.22. The van der Waals surface area contributed by atoms with E-state index in [2.05, 4.69) is 59.9 Å². The van der Waals surface area contributed by atoms with E-state index >= 15 is 0 Å². The Labute approximate surface area is 148 Å². The molecular formula is C18H30N6O. The quantitative estimate of drug-likeness (QED) is 0.889. The minimum atomic E-state index is -0.220.